The summed E-state index contributed by atoms with van der Waals surface area (Å²) in [6.07, 6.45) is -0.349. The van der Waals surface area contributed by atoms with E-state index in [4.69, 9.17) is 5.73 Å². The molecule has 4 rings (SSSR count). The number of amides is 3. The summed E-state index contributed by atoms with van der Waals surface area (Å²) in [4.78, 5) is 51.5. The number of nitrogens with zero attached hydrogens (tertiary/aromatic N) is 1. The Bertz CT molecular complexity index is 1380. The van der Waals surface area contributed by atoms with Crippen molar-refractivity contribution in [3.63, 3.8) is 0 Å². The number of aliphatic hydroxyl groups is 1. The van der Waals surface area contributed by atoms with Crippen LogP contribution in [0.4, 0.5) is 0 Å². The number of esters is 1. The van der Waals surface area contributed by atoms with Crippen LogP contribution in [-0.2, 0) is 29.0 Å². The Hall–Kier alpha value is -4.07. The SMILES string of the molecule is NC(C1=CCC(NC(=O)c2ccccc2)C(=O)N(CC(=O)NC2CC(=O)OC2O)C1)S(=O)(=O)c1ccccc1. The zero-order valence-corrected chi connectivity index (χ0v) is 21.5. The van der Waals surface area contributed by atoms with Gasteiger partial charge in [-0.15, -0.1) is 0 Å². The summed E-state index contributed by atoms with van der Waals surface area (Å²) in [6, 6.07) is 13.7. The molecule has 0 aromatic heterocycles. The maximum atomic E-state index is 13.5. The van der Waals surface area contributed by atoms with Crippen molar-refractivity contribution in [3.8, 4) is 0 Å². The number of carbonyl (C=O) groups is 4. The molecule has 4 atom stereocenters. The number of carbonyl (C=O) groups excluding carboxylic acids is 4. The first kappa shape index (κ1) is 28.0. The molecule has 1 fully saturated rings. The molecule has 2 aromatic carbocycles. The Balaban J connectivity index is 1.58. The van der Waals surface area contributed by atoms with Crippen LogP contribution in [0, 0.1) is 0 Å². The average Bonchev–Trinajstić information content (AvgIpc) is 3.16. The minimum atomic E-state index is -4.04. The van der Waals surface area contributed by atoms with Crippen molar-refractivity contribution in [2.45, 2.75) is 41.5 Å². The molecule has 0 bridgehead atoms. The van der Waals surface area contributed by atoms with Gasteiger partial charge in [0.1, 0.15) is 17.5 Å². The standard InChI is InChI=1S/C26H28N4O8S/c27-23(39(36,37)18-9-5-2-6-10-18)17-11-12-19(29-24(33)16-7-3-1-4-8-16)25(34)30(14-17)15-21(31)28-20-13-22(32)38-26(20)35/h1-11,19-20,23,26,35H,12-15,27H2,(H,28,31)(H,29,33). The quantitative estimate of drug-likeness (QED) is 0.245. The van der Waals surface area contributed by atoms with E-state index in [1.54, 1.807) is 48.5 Å². The van der Waals surface area contributed by atoms with E-state index < -0.39 is 63.8 Å². The number of cyclic esters (lactones) is 1. The number of hydrogen-bond acceptors (Lipinski definition) is 9. The minimum absolute atomic E-state index is 0.00733. The summed E-state index contributed by atoms with van der Waals surface area (Å²) in [6.45, 7) is -0.858. The Kier molecular flexibility index (Phi) is 8.43. The van der Waals surface area contributed by atoms with E-state index in [9.17, 15) is 32.7 Å². The van der Waals surface area contributed by atoms with Crippen LogP contribution >= 0.6 is 0 Å². The van der Waals surface area contributed by atoms with Crippen LogP contribution in [0.25, 0.3) is 0 Å². The van der Waals surface area contributed by atoms with Crippen molar-refractivity contribution < 1.29 is 37.4 Å². The molecule has 2 aliphatic rings. The number of ether oxygens (including phenoxy) is 1. The molecule has 5 N–H and O–H groups in total. The van der Waals surface area contributed by atoms with Crippen LogP contribution in [0.3, 0.4) is 0 Å². The maximum Gasteiger partial charge on any atom is 0.310 e. The van der Waals surface area contributed by atoms with Gasteiger partial charge in [-0.1, -0.05) is 42.5 Å². The van der Waals surface area contributed by atoms with Gasteiger partial charge in [0.05, 0.1) is 17.9 Å². The molecule has 2 aromatic rings. The van der Waals surface area contributed by atoms with Crippen molar-refractivity contribution in [2.75, 3.05) is 13.1 Å². The topological polar surface area (TPSA) is 185 Å². The Morgan fingerprint density at radius 2 is 1.69 bits per heavy atom. The molecule has 1 saturated heterocycles. The van der Waals surface area contributed by atoms with Crippen LogP contribution in [0.1, 0.15) is 23.2 Å². The van der Waals surface area contributed by atoms with Gasteiger partial charge in [0.15, 0.2) is 9.84 Å². The summed E-state index contributed by atoms with van der Waals surface area (Å²) in [5, 5.41) is 13.4. The maximum absolute atomic E-state index is 13.5. The van der Waals surface area contributed by atoms with Gasteiger partial charge in [0, 0.05) is 12.1 Å². The second-order valence-corrected chi connectivity index (χ2v) is 11.2. The number of aliphatic hydroxyl groups excluding tert-OH is 1. The smallest absolute Gasteiger partial charge is 0.310 e. The van der Waals surface area contributed by atoms with Gasteiger partial charge in [-0.2, -0.15) is 0 Å². The summed E-state index contributed by atoms with van der Waals surface area (Å²) in [5.41, 5.74) is 6.67. The lowest BCUT2D eigenvalue weighted by Gasteiger charge is -2.27. The van der Waals surface area contributed by atoms with Crippen LogP contribution in [0.2, 0.25) is 0 Å². The van der Waals surface area contributed by atoms with Crippen molar-refractivity contribution in [2.24, 2.45) is 5.73 Å². The molecule has 0 aliphatic carbocycles. The van der Waals surface area contributed by atoms with Crippen LogP contribution < -0.4 is 16.4 Å². The molecule has 3 amide bonds. The second kappa shape index (κ2) is 11.8. The van der Waals surface area contributed by atoms with E-state index in [-0.39, 0.29) is 29.9 Å². The first-order chi connectivity index (χ1) is 18.6. The van der Waals surface area contributed by atoms with Crippen molar-refractivity contribution >= 4 is 33.5 Å². The first-order valence-electron chi connectivity index (χ1n) is 12.1. The molecule has 0 radical (unpaired) electrons. The summed E-state index contributed by atoms with van der Waals surface area (Å²) >= 11 is 0. The summed E-state index contributed by atoms with van der Waals surface area (Å²) in [5.74, 6) is -2.57. The third-order valence-corrected chi connectivity index (χ3v) is 8.28. The molecule has 2 heterocycles. The Morgan fingerprint density at radius 3 is 2.31 bits per heavy atom. The lowest BCUT2D eigenvalue weighted by Crippen LogP contribution is -2.52. The highest BCUT2D eigenvalue weighted by Gasteiger charge is 2.37. The summed E-state index contributed by atoms with van der Waals surface area (Å²) in [7, 11) is -4.04. The fraction of sp³-hybridized carbons (Fsp3) is 0.308. The number of nitrogens with two attached hydrogens (primary N) is 1. The van der Waals surface area contributed by atoms with E-state index >= 15 is 0 Å². The first-order valence-corrected chi connectivity index (χ1v) is 13.7. The molecule has 12 nitrogen and oxygen atoms in total. The van der Waals surface area contributed by atoms with Crippen molar-refractivity contribution in [1.29, 1.82) is 0 Å². The van der Waals surface area contributed by atoms with Gasteiger partial charge in [0.2, 0.25) is 18.1 Å². The van der Waals surface area contributed by atoms with E-state index in [1.165, 1.54) is 18.2 Å². The van der Waals surface area contributed by atoms with E-state index in [2.05, 4.69) is 15.4 Å². The fourth-order valence-electron chi connectivity index (χ4n) is 4.29. The molecular formula is C26H28N4O8S. The minimum Gasteiger partial charge on any atom is -0.434 e. The zero-order valence-electron chi connectivity index (χ0n) is 20.7. The molecule has 13 heteroatoms. The van der Waals surface area contributed by atoms with Gasteiger partial charge in [-0.05, 0) is 36.3 Å². The Morgan fingerprint density at radius 1 is 1.05 bits per heavy atom. The summed E-state index contributed by atoms with van der Waals surface area (Å²) < 4.78 is 31.0. The fourth-order valence-corrected chi connectivity index (χ4v) is 5.69. The number of sulfone groups is 1. The molecular weight excluding hydrogens is 528 g/mol. The molecule has 0 spiro atoms. The van der Waals surface area contributed by atoms with Crippen LogP contribution in [0.15, 0.2) is 77.2 Å². The van der Waals surface area contributed by atoms with Gasteiger partial charge < -0.3 is 31.1 Å². The number of benzene rings is 2. The van der Waals surface area contributed by atoms with Gasteiger partial charge in [-0.3, -0.25) is 19.2 Å². The predicted octanol–water partition coefficient (Wildman–Crippen LogP) is -0.547. The number of nitrogens with one attached hydrogen (secondary N) is 2. The van der Waals surface area contributed by atoms with E-state index in [0.29, 0.717) is 5.56 Å². The van der Waals surface area contributed by atoms with Crippen LogP contribution in [0.5, 0.6) is 0 Å². The van der Waals surface area contributed by atoms with Gasteiger partial charge in [0.25, 0.3) is 5.91 Å². The highest BCUT2D eigenvalue weighted by Crippen LogP contribution is 2.22. The van der Waals surface area contributed by atoms with Crippen molar-refractivity contribution in [3.05, 3.63) is 77.9 Å². The highest BCUT2D eigenvalue weighted by atomic mass is 32.2. The third kappa shape index (κ3) is 6.50. The van der Waals surface area contributed by atoms with E-state index in [0.717, 1.165) is 4.90 Å². The monoisotopic (exact) mass is 556 g/mol. The molecule has 4 unspecified atom stereocenters. The predicted molar refractivity (Wildman–Crippen MR) is 137 cm³/mol. The van der Waals surface area contributed by atoms with E-state index in [1.807, 2.05) is 0 Å². The molecule has 2 aliphatic heterocycles. The Labute approximate surface area is 224 Å². The average molecular weight is 557 g/mol. The van der Waals surface area contributed by atoms with Gasteiger partial charge in [-0.25, -0.2) is 8.42 Å². The highest BCUT2D eigenvalue weighted by molar-refractivity contribution is 7.92. The zero-order chi connectivity index (χ0) is 28.2. The van der Waals surface area contributed by atoms with Gasteiger partial charge >= 0.3 is 5.97 Å². The molecule has 0 saturated carbocycles. The third-order valence-electron chi connectivity index (χ3n) is 6.38. The second-order valence-electron chi connectivity index (χ2n) is 9.14. The lowest BCUT2D eigenvalue weighted by atomic mass is 10.1. The van der Waals surface area contributed by atoms with Crippen molar-refractivity contribution in [1.82, 2.24) is 15.5 Å². The largest absolute Gasteiger partial charge is 0.434 e. The number of hydrogen-bond donors (Lipinski definition) is 4. The van der Waals surface area contributed by atoms with Crippen LogP contribution in [-0.4, -0.2) is 79.0 Å². The normalized spacial score (nSPS) is 22.4. The lowest BCUT2D eigenvalue weighted by molar-refractivity contribution is -0.155. The molecule has 39 heavy (non-hydrogen) atoms. The number of rotatable bonds is 8. The molecule has 206 valence electrons.